The van der Waals surface area contributed by atoms with Crippen LogP contribution in [0.5, 0.6) is 5.75 Å². The fourth-order valence-corrected chi connectivity index (χ4v) is 3.01. The summed E-state index contributed by atoms with van der Waals surface area (Å²) in [6, 6.07) is 11.1. The average molecular weight is 492 g/mol. The highest BCUT2D eigenvalue weighted by Crippen LogP contribution is 2.31. The van der Waals surface area contributed by atoms with Crippen LogP contribution in [0.25, 0.3) is 0 Å². The molecule has 1 amide bonds. The number of anilines is 1. The van der Waals surface area contributed by atoms with Gasteiger partial charge in [-0.2, -0.15) is 0 Å². The number of carbonyl (C=O) groups excluding carboxylic acids is 1. The van der Waals surface area contributed by atoms with E-state index in [4.69, 9.17) is 51.8 Å². The number of thiocarbonyl (C=S) groups is 1. The van der Waals surface area contributed by atoms with Gasteiger partial charge in [0.05, 0.1) is 12.0 Å². The Bertz CT molecular complexity index is 969. The molecule has 0 heterocycles. The number of aryl methyl sites for hydroxylation is 1. The maximum atomic E-state index is 12.6. The number of amides is 1. The maximum Gasteiger partial charge on any atom is 0.312 e. The Hall–Kier alpha value is -2.33. The van der Waals surface area contributed by atoms with Crippen molar-refractivity contribution >= 4 is 69.4 Å². The van der Waals surface area contributed by atoms with Crippen molar-refractivity contribution < 1.29 is 14.5 Å². The summed E-state index contributed by atoms with van der Waals surface area (Å²) in [7, 11) is 1.32. The molecule has 0 aliphatic heterocycles. The van der Waals surface area contributed by atoms with Gasteiger partial charge in [-0.3, -0.25) is 14.9 Å². The minimum atomic E-state index is -1.95. The van der Waals surface area contributed by atoms with E-state index in [1.165, 1.54) is 25.3 Å². The molecule has 0 radical (unpaired) electrons. The number of nitrogens with zero attached hydrogens (tertiary/aromatic N) is 1. The van der Waals surface area contributed by atoms with Gasteiger partial charge in [0.2, 0.25) is 3.79 Å². The fraction of sp³-hybridized carbons (Fsp3) is 0.222. The van der Waals surface area contributed by atoms with Crippen LogP contribution < -0.4 is 20.7 Å². The number of hydrogen-bond acceptors (Lipinski definition) is 5. The van der Waals surface area contributed by atoms with Crippen molar-refractivity contribution in [2.24, 2.45) is 0 Å². The second kappa shape index (κ2) is 10.1. The van der Waals surface area contributed by atoms with Crippen LogP contribution in [-0.4, -0.2) is 33.0 Å². The molecular formula is C18H17Cl3N4O4S. The van der Waals surface area contributed by atoms with Gasteiger partial charge in [0.15, 0.2) is 10.9 Å². The monoisotopic (exact) mass is 490 g/mol. The zero-order chi connectivity index (χ0) is 22.5. The van der Waals surface area contributed by atoms with E-state index in [2.05, 4.69) is 16.0 Å². The Morgan fingerprint density at radius 2 is 1.87 bits per heavy atom. The first kappa shape index (κ1) is 23.9. The molecule has 0 fully saturated rings. The van der Waals surface area contributed by atoms with Crippen LogP contribution in [0.1, 0.15) is 15.9 Å². The van der Waals surface area contributed by atoms with Crippen molar-refractivity contribution in [1.82, 2.24) is 10.6 Å². The number of rotatable bonds is 6. The molecule has 2 rings (SSSR count). The van der Waals surface area contributed by atoms with E-state index in [0.717, 1.165) is 5.56 Å². The molecule has 0 saturated heterocycles. The molecule has 0 spiro atoms. The highest BCUT2D eigenvalue weighted by atomic mass is 35.6. The van der Waals surface area contributed by atoms with Gasteiger partial charge in [-0.15, -0.1) is 0 Å². The van der Waals surface area contributed by atoms with Gasteiger partial charge >= 0.3 is 5.69 Å². The van der Waals surface area contributed by atoms with Crippen LogP contribution >= 0.6 is 47.0 Å². The second-order valence-electron chi connectivity index (χ2n) is 6.01. The molecule has 0 aromatic heterocycles. The first-order valence-electron chi connectivity index (χ1n) is 8.36. The molecule has 160 valence electrons. The van der Waals surface area contributed by atoms with Crippen molar-refractivity contribution in [1.29, 1.82) is 0 Å². The van der Waals surface area contributed by atoms with Crippen molar-refractivity contribution in [2.75, 3.05) is 12.4 Å². The molecule has 0 aliphatic rings. The van der Waals surface area contributed by atoms with E-state index in [0.29, 0.717) is 11.3 Å². The molecule has 1 atom stereocenters. The lowest BCUT2D eigenvalue weighted by atomic mass is 10.1. The Morgan fingerprint density at radius 3 is 2.43 bits per heavy atom. The van der Waals surface area contributed by atoms with E-state index < -0.39 is 20.8 Å². The number of hydrogen-bond donors (Lipinski definition) is 3. The topological polar surface area (TPSA) is 106 Å². The summed E-state index contributed by atoms with van der Waals surface area (Å²) >= 11 is 23.1. The van der Waals surface area contributed by atoms with Crippen LogP contribution in [0.15, 0.2) is 42.5 Å². The van der Waals surface area contributed by atoms with Crippen LogP contribution in [0.3, 0.4) is 0 Å². The fourth-order valence-electron chi connectivity index (χ4n) is 2.44. The lowest BCUT2D eigenvalue weighted by Crippen LogP contribution is -2.56. The summed E-state index contributed by atoms with van der Waals surface area (Å²) in [6.07, 6.45) is -1.19. The molecular weight excluding hydrogens is 475 g/mol. The summed E-state index contributed by atoms with van der Waals surface area (Å²) in [5, 5.41) is 19.1. The minimum Gasteiger partial charge on any atom is -0.490 e. The zero-order valence-corrected chi connectivity index (χ0v) is 18.8. The minimum absolute atomic E-state index is 0.0316. The number of ether oxygens (including phenoxy) is 1. The van der Waals surface area contributed by atoms with Gasteiger partial charge in [0.25, 0.3) is 5.91 Å². The molecule has 3 N–H and O–H groups in total. The summed E-state index contributed by atoms with van der Waals surface area (Å²) in [5.74, 6) is -0.381. The van der Waals surface area contributed by atoms with Gasteiger partial charge in [-0.1, -0.05) is 53.0 Å². The largest absolute Gasteiger partial charge is 0.490 e. The van der Waals surface area contributed by atoms with Gasteiger partial charge in [0.1, 0.15) is 6.17 Å². The molecule has 0 unspecified atom stereocenters. The first-order valence-corrected chi connectivity index (χ1v) is 9.90. The van der Waals surface area contributed by atoms with Crippen molar-refractivity contribution in [3.63, 3.8) is 0 Å². The number of nitro groups is 1. The molecule has 0 saturated carbocycles. The van der Waals surface area contributed by atoms with Crippen molar-refractivity contribution in [2.45, 2.75) is 16.9 Å². The Morgan fingerprint density at radius 1 is 1.20 bits per heavy atom. The molecule has 2 aromatic rings. The number of alkyl halides is 3. The van der Waals surface area contributed by atoms with E-state index >= 15 is 0 Å². The quantitative estimate of drug-likeness (QED) is 0.182. The van der Waals surface area contributed by atoms with E-state index in [1.54, 1.807) is 31.2 Å². The third kappa shape index (κ3) is 6.33. The zero-order valence-electron chi connectivity index (χ0n) is 15.7. The molecule has 12 heteroatoms. The smallest absolute Gasteiger partial charge is 0.312 e. The number of nitro benzene ring substituents is 1. The molecule has 2 aromatic carbocycles. The van der Waals surface area contributed by atoms with Gasteiger partial charge in [-0.25, -0.2) is 0 Å². The number of nitrogens with one attached hydrogen (secondary N) is 3. The summed E-state index contributed by atoms with van der Waals surface area (Å²) in [5.41, 5.74) is 1.19. The van der Waals surface area contributed by atoms with E-state index in [1.807, 2.05) is 0 Å². The number of methoxy groups -OCH3 is 1. The Balaban J connectivity index is 2.15. The second-order valence-corrected chi connectivity index (χ2v) is 8.78. The standard InChI is InChI=1S/C18H17Cl3N4O4S/c1-10-5-3-4-6-12(10)15(26)23-16(18(19,20)21)24-17(30)22-11-7-8-14(29-2)13(9-11)25(27)28/h3-9,16H,1-2H3,(H,23,26)(H2,22,24,30)/t16-/m1/s1. The van der Waals surface area contributed by atoms with E-state index in [-0.39, 0.29) is 16.5 Å². The molecule has 0 aliphatic carbocycles. The predicted octanol–water partition coefficient (Wildman–Crippen LogP) is 4.32. The third-order valence-corrected chi connectivity index (χ3v) is 4.78. The van der Waals surface area contributed by atoms with Gasteiger partial charge in [0, 0.05) is 17.3 Å². The highest BCUT2D eigenvalue weighted by molar-refractivity contribution is 7.80. The highest BCUT2D eigenvalue weighted by Gasteiger charge is 2.35. The van der Waals surface area contributed by atoms with E-state index in [9.17, 15) is 14.9 Å². The van der Waals surface area contributed by atoms with Crippen LogP contribution in [-0.2, 0) is 0 Å². The van der Waals surface area contributed by atoms with Crippen molar-refractivity contribution in [3.8, 4) is 5.75 Å². The Labute approximate surface area is 193 Å². The first-order chi connectivity index (χ1) is 14.0. The SMILES string of the molecule is COc1ccc(NC(=S)N[C@@H](NC(=O)c2ccccc2C)C(Cl)(Cl)Cl)cc1[N+](=O)[O-]. The van der Waals surface area contributed by atoms with Crippen LogP contribution in [0.4, 0.5) is 11.4 Å². The third-order valence-electron chi connectivity index (χ3n) is 3.90. The molecule has 30 heavy (non-hydrogen) atoms. The Kier molecular flexibility index (Phi) is 8.08. The number of benzene rings is 2. The maximum absolute atomic E-state index is 12.6. The van der Waals surface area contributed by atoms with Gasteiger partial charge < -0.3 is 20.7 Å². The lowest BCUT2D eigenvalue weighted by molar-refractivity contribution is -0.385. The molecule has 8 nitrogen and oxygen atoms in total. The summed E-state index contributed by atoms with van der Waals surface area (Å²) in [4.78, 5) is 23.1. The summed E-state index contributed by atoms with van der Waals surface area (Å²) in [6.45, 7) is 1.77. The van der Waals surface area contributed by atoms with Crippen LogP contribution in [0.2, 0.25) is 0 Å². The number of carbonyl (C=O) groups is 1. The number of halogens is 3. The normalized spacial score (nSPS) is 11.9. The van der Waals surface area contributed by atoms with Gasteiger partial charge in [-0.05, 0) is 42.9 Å². The lowest BCUT2D eigenvalue weighted by Gasteiger charge is -2.28. The predicted molar refractivity (Wildman–Crippen MR) is 122 cm³/mol. The van der Waals surface area contributed by atoms with Crippen LogP contribution in [0, 0.1) is 17.0 Å². The summed E-state index contributed by atoms with van der Waals surface area (Å²) < 4.78 is 3.01. The molecule has 0 bridgehead atoms. The van der Waals surface area contributed by atoms with Crippen molar-refractivity contribution in [3.05, 3.63) is 63.7 Å². The average Bonchev–Trinajstić information content (AvgIpc) is 2.66.